The number of rotatable bonds is 9. The highest BCUT2D eigenvalue weighted by molar-refractivity contribution is 7.91. The highest BCUT2D eigenvalue weighted by atomic mass is 35.5. The van der Waals surface area contributed by atoms with Crippen LogP contribution in [0.1, 0.15) is 10.4 Å². The summed E-state index contributed by atoms with van der Waals surface area (Å²) in [6.07, 6.45) is 0. The van der Waals surface area contributed by atoms with Gasteiger partial charge in [-0.05, 0) is 24.3 Å². The van der Waals surface area contributed by atoms with Crippen molar-refractivity contribution in [3.8, 4) is 0 Å². The number of methoxy groups -OCH3 is 1. The zero-order valence-corrected chi connectivity index (χ0v) is 14.1. The van der Waals surface area contributed by atoms with Crippen LogP contribution in [0.25, 0.3) is 0 Å². The van der Waals surface area contributed by atoms with Gasteiger partial charge in [-0.1, -0.05) is 0 Å². The molecular formula is C13H19ClF2N2O4S. The number of hydrogen-bond acceptors (Lipinski definition) is 5. The van der Waals surface area contributed by atoms with Crippen LogP contribution >= 0.6 is 12.4 Å². The van der Waals surface area contributed by atoms with E-state index in [1.54, 1.807) is 7.11 Å². The van der Waals surface area contributed by atoms with Gasteiger partial charge in [0.1, 0.15) is 0 Å². The fraction of sp³-hybridized carbons (Fsp3) is 0.462. The largest absolute Gasteiger partial charge is 0.383 e. The van der Waals surface area contributed by atoms with Gasteiger partial charge in [-0.2, -0.15) is 8.78 Å². The highest BCUT2D eigenvalue weighted by Gasteiger charge is 2.26. The summed E-state index contributed by atoms with van der Waals surface area (Å²) >= 11 is 0. The molecule has 132 valence electrons. The van der Waals surface area contributed by atoms with E-state index in [1.807, 2.05) is 0 Å². The van der Waals surface area contributed by atoms with E-state index in [0.29, 0.717) is 26.2 Å². The van der Waals surface area contributed by atoms with Gasteiger partial charge >= 0.3 is 5.76 Å². The first kappa shape index (κ1) is 21.7. The second-order valence-corrected chi connectivity index (χ2v) is 6.25. The average Bonchev–Trinajstić information content (AvgIpc) is 2.50. The van der Waals surface area contributed by atoms with Crippen LogP contribution in [0.15, 0.2) is 29.2 Å². The maximum absolute atomic E-state index is 12.4. The minimum absolute atomic E-state index is 0. The molecule has 2 N–H and O–H groups in total. The Morgan fingerprint density at radius 3 is 2.30 bits per heavy atom. The smallest absolute Gasteiger partial charge is 0.341 e. The van der Waals surface area contributed by atoms with Crippen LogP contribution in [-0.2, 0) is 14.6 Å². The highest BCUT2D eigenvalue weighted by Crippen LogP contribution is 2.18. The Morgan fingerprint density at radius 1 is 1.17 bits per heavy atom. The third-order valence-corrected chi connectivity index (χ3v) is 4.15. The van der Waals surface area contributed by atoms with Crippen molar-refractivity contribution >= 4 is 28.2 Å². The Morgan fingerprint density at radius 2 is 1.78 bits per heavy atom. The number of sulfone groups is 1. The topological polar surface area (TPSA) is 84.5 Å². The Labute approximate surface area is 139 Å². The van der Waals surface area contributed by atoms with Gasteiger partial charge in [-0.25, -0.2) is 8.42 Å². The number of amides is 1. The molecule has 0 aliphatic carbocycles. The SMILES string of the molecule is COCCNCCNC(=O)c1ccc(S(=O)(=O)C(F)F)cc1.Cl. The minimum atomic E-state index is -4.64. The lowest BCUT2D eigenvalue weighted by molar-refractivity contribution is 0.0953. The molecule has 1 aromatic carbocycles. The van der Waals surface area contributed by atoms with Gasteiger partial charge < -0.3 is 15.4 Å². The van der Waals surface area contributed by atoms with Crippen molar-refractivity contribution in [3.05, 3.63) is 29.8 Å². The maximum atomic E-state index is 12.4. The predicted octanol–water partition coefficient (Wildman–Crippen LogP) is 1.07. The van der Waals surface area contributed by atoms with Crippen molar-refractivity contribution in [1.82, 2.24) is 10.6 Å². The van der Waals surface area contributed by atoms with Crippen molar-refractivity contribution in [2.24, 2.45) is 0 Å². The zero-order chi connectivity index (χ0) is 16.6. The molecule has 0 aliphatic heterocycles. The molecule has 0 radical (unpaired) electrons. The molecule has 0 aromatic heterocycles. The van der Waals surface area contributed by atoms with E-state index in [0.717, 1.165) is 12.1 Å². The van der Waals surface area contributed by atoms with Crippen LogP contribution in [0.2, 0.25) is 0 Å². The third-order valence-electron chi connectivity index (χ3n) is 2.75. The van der Waals surface area contributed by atoms with Crippen molar-refractivity contribution in [2.45, 2.75) is 10.7 Å². The number of halogens is 3. The summed E-state index contributed by atoms with van der Waals surface area (Å²) in [6.45, 7) is 2.15. The van der Waals surface area contributed by atoms with E-state index in [2.05, 4.69) is 10.6 Å². The summed E-state index contributed by atoms with van der Waals surface area (Å²) in [5, 5.41) is 5.65. The Balaban J connectivity index is 0.00000484. The standard InChI is InChI=1S/C13H18F2N2O4S.ClH/c1-21-9-8-16-6-7-17-12(18)10-2-4-11(5-3-10)22(19,20)13(14)15;/h2-5,13,16H,6-9H2,1H3,(H,17,18);1H. The molecule has 0 atom stereocenters. The van der Waals surface area contributed by atoms with Gasteiger partial charge in [0.25, 0.3) is 5.91 Å². The molecule has 6 nitrogen and oxygen atoms in total. The second kappa shape index (κ2) is 10.5. The number of hydrogen-bond donors (Lipinski definition) is 2. The summed E-state index contributed by atoms with van der Waals surface area (Å²) < 4.78 is 52.1. The molecular weight excluding hydrogens is 354 g/mol. The number of alkyl halides is 2. The first-order chi connectivity index (χ1) is 10.4. The summed E-state index contributed by atoms with van der Waals surface area (Å²) in [6, 6.07) is 4.38. The normalized spacial score (nSPS) is 11.1. The molecule has 23 heavy (non-hydrogen) atoms. The minimum Gasteiger partial charge on any atom is -0.383 e. The molecule has 1 amide bonds. The molecule has 0 fully saturated rings. The Kier molecular flexibility index (Phi) is 9.89. The molecule has 0 aliphatic rings. The Hall–Kier alpha value is -1.29. The monoisotopic (exact) mass is 372 g/mol. The number of nitrogens with one attached hydrogen (secondary N) is 2. The molecule has 0 heterocycles. The quantitative estimate of drug-likeness (QED) is 0.633. The predicted molar refractivity (Wildman–Crippen MR) is 84.0 cm³/mol. The van der Waals surface area contributed by atoms with Gasteiger partial charge in [0, 0.05) is 32.3 Å². The van der Waals surface area contributed by atoms with E-state index in [9.17, 15) is 22.0 Å². The van der Waals surface area contributed by atoms with Gasteiger partial charge in [0.05, 0.1) is 11.5 Å². The van der Waals surface area contributed by atoms with Gasteiger partial charge in [0.15, 0.2) is 0 Å². The molecule has 0 unspecified atom stereocenters. The average molecular weight is 373 g/mol. The number of carbonyl (C=O) groups is 1. The van der Waals surface area contributed by atoms with Crippen LogP contribution in [0, 0.1) is 0 Å². The van der Waals surface area contributed by atoms with Gasteiger partial charge in [0.2, 0.25) is 9.84 Å². The van der Waals surface area contributed by atoms with E-state index < -0.39 is 26.4 Å². The van der Waals surface area contributed by atoms with Crippen molar-refractivity contribution in [2.75, 3.05) is 33.4 Å². The first-order valence-electron chi connectivity index (χ1n) is 6.49. The summed E-state index contributed by atoms with van der Waals surface area (Å²) in [7, 11) is -3.05. The second-order valence-electron chi connectivity index (χ2n) is 4.33. The molecule has 0 spiro atoms. The molecule has 10 heteroatoms. The summed E-state index contributed by atoms with van der Waals surface area (Å²) in [5.41, 5.74) is 0.199. The van der Waals surface area contributed by atoms with E-state index >= 15 is 0 Å². The number of benzene rings is 1. The first-order valence-corrected chi connectivity index (χ1v) is 8.04. The van der Waals surface area contributed by atoms with Gasteiger partial charge in [-0.3, -0.25) is 4.79 Å². The zero-order valence-electron chi connectivity index (χ0n) is 12.4. The Bertz CT molecular complexity index is 582. The van der Waals surface area contributed by atoms with E-state index in [-0.39, 0.29) is 18.0 Å². The maximum Gasteiger partial charge on any atom is 0.341 e. The van der Waals surface area contributed by atoms with Crippen LogP contribution in [0.5, 0.6) is 0 Å². The molecule has 1 rings (SSSR count). The molecule has 0 saturated carbocycles. The lowest BCUT2D eigenvalue weighted by Crippen LogP contribution is -2.33. The van der Waals surface area contributed by atoms with E-state index in [4.69, 9.17) is 4.74 Å². The van der Waals surface area contributed by atoms with Crippen LogP contribution < -0.4 is 10.6 Å². The molecule has 1 aromatic rings. The molecule has 0 saturated heterocycles. The van der Waals surface area contributed by atoms with Crippen LogP contribution in [0.3, 0.4) is 0 Å². The summed E-state index contributed by atoms with van der Waals surface area (Å²) in [5.74, 6) is -3.89. The van der Waals surface area contributed by atoms with Crippen molar-refractivity contribution in [1.29, 1.82) is 0 Å². The summed E-state index contributed by atoms with van der Waals surface area (Å²) in [4.78, 5) is 11.3. The van der Waals surface area contributed by atoms with Crippen molar-refractivity contribution < 1.29 is 26.7 Å². The molecule has 0 bridgehead atoms. The lowest BCUT2D eigenvalue weighted by atomic mass is 10.2. The number of ether oxygens (including phenoxy) is 1. The van der Waals surface area contributed by atoms with Crippen LogP contribution in [0.4, 0.5) is 8.78 Å². The fourth-order valence-electron chi connectivity index (χ4n) is 1.56. The lowest BCUT2D eigenvalue weighted by Gasteiger charge is -2.07. The third kappa shape index (κ3) is 6.78. The van der Waals surface area contributed by atoms with Crippen LogP contribution in [-0.4, -0.2) is 53.4 Å². The number of carbonyl (C=O) groups excluding carboxylic acids is 1. The fourth-order valence-corrected chi connectivity index (χ4v) is 2.29. The van der Waals surface area contributed by atoms with E-state index in [1.165, 1.54) is 12.1 Å². The van der Waals surface area contributed by atoms with Crippen molar-refractivity contribution in [3.63, 3.8) is 0 Å². The van der Waals surface area contributed by atoms with Gasteiger partial charge in [-0.15, -0.1) is 12.4 Å².